The van der Waals surface area contributed by atoms with Gasteiger partial charge in [-0.25, -0.2) is 0 Å². The van der Waals surface area contributed by atoms with Crippen molar-refractivity contribution in [1.29, 1.82) is 0 Å². The van der Waals surface area contributed by atoms with E-state index in [1.165, 1.54) is 11.1 Å². The molecule has 19 heavy (non-hydrogen) atoms. The van der Waals surface area contributed by atoms with Crippen LogP contribution in [0.1, 0.15) is 36.6 Å². The second-order valence-electron chi connectivity index (χ2n) is 5.39. The van der Waals surface area contributed by atoms with Gasteiger partial charge >= 0.3 is 0 Å². The molecule has 0 saturated heterocycles. The van der Waals surface area contributed by atoms with Crippen LogP contribution in [-0.4, -0.2) is 11.0 Å². The summed E-state index contributed by atoms with van der Waals surface area (Å²) in [5.74, 6) is 0.580. The van der Waals surface area contributed by atoms with Gasteiger partial charge in [-0.15, -0.1) is 0 Å². The quantitative estimate of drug-likeness (QED) is 0.889. The third-order valence-corrected chi connectivity index (χ3v) is 3.34. The molecule has 0 amide bonds. The van der Waals surface area contributed by atoms with Crippen molar-refractivity contribution >= 4 is 0 Å². The van der Waals surface area contributed by atoms with Crippen molar-refractivity contribution < 1.29 is 0 Å². The van der Waals surface area contributed by atoms with Crippen molar-refractivity contribution in [2.45, 2.75) is 38.6 Å². The van der Waals surface area contributed by atoms with Crippen LogP contribution in [-0.2, 0) is 12.8 Å². The molecule has 1 atom stereocenters. The maximum atomic E-state index is 6.20. The number of aromatic nitrogens is 1. The molecule has 0 saturated carbocycles. The van der Waals surface area contributed by atoms with E-state index in [9.17, 15) is 0 Å². The Morgan fingerprint density at radius 3 is 2.32 bits per heavy atom. The summed E-state index contributed by atoms with van der Waals surface area (Å²) in [6.07, 6.45) is 3.54. The largest absolute Gasteiger partial charge is 0.327 e. The third kappa shape index (κ3) is 4.18. The molecule has 1 unspecified atom stereocenters. The molecule has 0 aliphatic heterocycles. The van der Waals surface area contributed by atoms with E-state index in [2.05, 4.69) is 43.1 Å². The Balaban J connectivity index is 1.93. The van der Waals surface area contributed by atoms with Crippen molar-refractivity contribution in [1.82, 2.24) is 4.98 Å². The van der Waals surface area contributed by atoms with Gasteiger partial charge in [-0.05, 0) is 35.6 Å². The van der Waals surface area contributed by atoms with Gasteiger partial charge < -0.3 is 5.73 Å². The first kappa shape index (κ1) is 13.8. The van der Waals surface area contributed by atoms with Crippen LogP contribution in [0.5, 0.6) is 0 Å². The molecular weight excluding hydrogens is 232 g/mol. The van der Waals surface area contributed by atoms with E-state index >= 15 is 0 Å². The summed E-state index contributed by atoms with van der Waals surface area (Å²) in [5.41, 5.74) is 9.94. The van der Waals surface area contributed by atoms with E-state index in [1.807, 2.05) is 24.4 Å². The van der Waals surface area contributed by atoms with Gasteiger partial charge in [0.25, 0.3) is 0 Å². The van der Waals surface area contributed by atoms with E-state index in [0.29, 0.717) is 5.92 Å². The highest BCUT2D eigenvalue weighted by atomic mass is 14.7. The molecule has 2 aromatic rings. The van der Waals surface area contributed by atoms with E-state index in [0.717, 1.165) is 18.5 Å². The highest BCUT2D eigenvalue weighted by molar-refractivity contribution is 5.25. The molecule has 0 spiro atoms. The lowest BCUT2D eigenvalue weighted by molar-refractivity contribution is 0.654. The number of pyridine rings is 1. The molecule has 2 rings (SSSR count). The summed E-state index contributed by atoms with van der Waals surface area (Å²) < 4.78 is 0. The van der Waals surface area contributed by atoms with Gasteiger partial charge in [-0.2, -0.15) is 0 Å². The minimum Gasteiger partial charge on any atom is -0.327 e. The van der Waals surface area contributed by atoms with Gasteiger partial charge in [0.1, 0.15) is 0 Å². The molecule has 2 heteroatoms. The average Bonchev–Trinajstić information content (AvgIpc) is 2.40. The molecule has 2 N–H and O–H groups in total. The number of nitrogens with two attached hydrogens (primary N) is 1. The smallest absolute Gasteiger partial charge is 0.0419 e. The van der Waals surface area contributed by atoms with E-state index in [4.69, 9.17) is 5.73 Å². The van der Waals surface area contributed by atoms with E-state index < -0.39 is 0 Å². The molecular formula is C17H22N2. The zero-order valence-electron chi connectivity index (χ0n) is 11.7. The second kappa shape index (κ2) is 6.48. The molecule has 1 heterocycles. The summed E-state index contributed by atoms with van der Waals surface area (Å²) in [6.45, 7) is 4.42. The Bertz CT molecular complexity index is 488. The molecule has 100 valence electrons. The molecule has 0 fully saturated rings. The van der Waals surface area contributed by atoms with Crippen molar-refractivity contribution in [2.75, 3.05) is 0 Å². The van der Waals surface area contributed by atoms with Gasteiger partial charge in [0, 0.05) is 24.4 Å². The minimum atomic E-state index is 0.125. The van der Waals surface area contributed by atoms with Crippen LogP contribution in [0.4, 0.5) is 0 Å². The maximum absolute atomic E-state index is 6.20. The monoisotopic (exact) mass is 254 g/mol. The Kier molecular flexibility index (Phi) is 4.69. The zero-order valence-corrected chi connectivity index (χ0v) is 11.7. The van der Waals surface area contributed by atoms with Gasteiger partial charge in [-0.1, -0.05) is 44.2 Å². The normalized spacial score (nSPS) is 12.6. The van der Waals surface area contributed by atoms with Crippen molar-refractivity contribution in [2.24, 2.45) is 5.73 Å². The predicted octanol–water partition coefficient (Wildman–Crippen LogP) is 3.32. The molecule has 0 radical (unpaired) electrons. The number of hydrogen-bond acceptors (Lipinski definition) is 2. The number of hydrogen-bond donors (Lipinski definition) is 1. The molecule has 1 aromatic heterocycles. The zero-order chi connectivity index (χ0) is 13.7. The summed E-state index contributed by atoms with van der Waals surface area (Å²) >= 11 is 0. The Morgan fingerprint density at radius 1 is 1.00 bits per heavy atom. The fraction of sp³-hybridized carbons (Fsp3) is 0.353. The minimum absolute atomic E-state index is 0.125. The van der Waals surface area contributed by atoms with Gasteiger partial charge in [0.2, 0.25) is 0 Å². The maximum Gasteiger partial charge on any atom is 0.0419 e. The van der Waals surface area contributed by atoms with Crippen molar-refractivity contribution in [3.63, 3.8) is 0 Å². The summed E-state index contributed by atoms with van der Waals surface area (Å²) in [7, 11) is 0. The lowest BCUT2D eigenvalue weighted by atomic mass is 9.98. The van der Waals surface area contributed by atoms with Crippen LogP contribution >= 0.6 is 0 Å². The highest BCUT2D eigenvalue weighted by Crippen LogP contribution is 2.15. The lowest BCUT2D eigenvalue weighted by Gasteiger charge is -2.12. The van der Waals surface area contributed by atoms with Crippen LogP contribution in [0.15, 0.2) is 48.7 Å². The molecule has 0 aliphatic carbocycles. The lowest BCUT2D eigenvalue weighted by Crippen LogP contribution is -2.25. The molecule has 0 aliphatic rings. The van der Waals surface area contributed by atoms with Crippen LogP contribution in [0.3, 0.4) is 0 Å². The number of rotatable bonds is 5. The number of benzene rings is 1. The van der Waals surface area contributed by atoms with Gasteiger partial charge in [0.15, 0.2) is 0 Å². The summed E-state index contributed by atoms with van der Waals surface area (Å²) in [6, 6.07) is 14.9. The highest BCUT2D eigenvalue weighted by Gasteiger charge is 2.07. The summed E-state index contributed by atoms with van der Waals surface area (Å²) in [4.78, 5) is 4.32. The first-order chi connectivity index (χ1) is 9.15. The van der Waals surface area contributed by atoms with Crippen LogP contribution in [0, 0.1) is 0 Å². The topological polar surface area (TPSA) is 38.9 Å². The van der Waals surface area contributed by atoms with Gasteiger partial charge in [-0.3, -0.25) is 4.98 Å². The Labute approximate surface area is 115 Å². The first-order valence-corrected chi connectivity index (χ1v) is 6.89. The number of nitrogens with zero attached hydrogens (tertiary/aromatic N) is 1. The Hall–Kier alpha value is -1.67. The van der Waals surface area contributed by atoms with E-state index in [1.54, 1.807) is 0 Å². The molecule has 2 nitrogen and oxygen atoms in total. The molecule has 1 aromatic carbocycles. The Morgan fingerprint density at radius 2 is 1.74 bits per heavy atom. The average molecular weight is 254 g/mol. The van der Waals surface area contributed by atoms with E-state index in [-0.39, 0.29) is 6.04 Å². The fourth-order valence-corrected chi connectivity index (χ4v) is 2.20. The summed E-state index contributed by atoms with van der Waals surface area (Å²) in [5, 5.41) is 0. The van der Waals surface area contributed by atoms with Gasteiger partial charge in [0.05, 0.1) is 0 Å². The van der Waals surface area contributed by atoms with Crippen LogP contribution in [0.25, 0.3) is 0 Å². The fourth-order valence-electron chi connectivity index (χ4n) is 2.20. The molecule has 0 bridgehead atoms. The third-order valence-electron chi connectivity index (χ3n) is 3.34. The van der Waals surface area contributed by atoms with Crippen molar-refractivity contribution in [3.05, 3.63) is 65.5 Å². The first-order valence-electron chi connectivity index (χ1n) is 6.89. The van der Waals surface area contributed by atoms with Crippen molar-refractivity contribution in [3.8, 4) is 0 Å². The second-order valence-corrected chi connectivity index (χ2v) is 5.39. The van der Waals surface area contributed by atoms with Crippen LogP contribution < -0.4 is 5.73 Å². The predicted molar refractivity (Wildman–Crippen MR) is 80.2 cm³/mol. The van der Waals surface area contributed by atoms with Crippen LogP contribution in [0.2, 0.25) is 0 Å². The standard InChI is InChI=1S/C17H22N2/c1-13(2)15-8-6-14(7-9-15)11-16(18)12-17-5-3-4-10-19-17/h3-10,13,16H,11-12,18H2,1-2H3. The SMILES string of the molecule is CC(C)c1ccc(CC(N)Cc2ccccn2)cc1.